The number of amides is 2. The van der Waals surface area contributed by atoms with Crippen molar-refractivity contribution in [2.24, 2.45) is 5.73 Å². The van der Waals surface area contributed by atoms with Crippen molar-refractivity contribution in [3.8, 4) is 5.75 Å². The summed E-state index contributed by atoms with van der Waals surface area (Å²) in [7, 11) is 0. The number of benzene rings is 1. The Balaban J connectivity index is 2.09. The highest BCUT2D eigenvalue weighted by Gasteiger charge is 2.21. The number of hydrogen-bond donors (Lipinski definition) is 3. The summed E-state index contributed by atoms with van der Waals surface area (Å²) in [6.45, 7) is 4.34. The average Bonchev–Trinajstić information content (AvgIpc) is 3.32. The molecule has 10 nitrogen and oxygen atoms in total. The lowest BCUT2D eigenvalue weighted by molar-refractivity contribution is 0.0983. The average molecular weight is 427 g/mol. The molecule has 10 heteroatoms. The summed E-state index contributed by atoms with van der Waals surface area (Å²) in [5, 5.41) is 15.5. The zero-order valence-electron chi connectivity index (χ0n) is 17.4. The molecule has 0 unspecified atom stereocenters. The lowest BCUT2D eigenvalue weighted by Crippen LogP contribution is -2.15. The highest BCUT2D eigenvalue weighted by atomic mass is 16.5. The van der Waals surface area contributed by atoms with Gasteiger partial charge in [0, 0.05) is 31.2 Å². The van der Waals surface area contributed by atoms with E-state index in [1.54, 1.807) is 17.6 Å². The standard InChI is InChI=1S/C21H25N5O5/c1-3-4-5-7-26-18-15(11-14(19(22)28)12-16(18)30-9-6-8-27)23-21(26)24-20(29)17-10-13(2)25-31-17/h4-5,10-12,27H,3,6-9H2,1-2H3,(H2,22,28)(H,23,24,29)/b5-4+. The molecule has 0 fully saturated rings. The Hall–Kier alpha value is -3.66. The van der Waals surface area contributed by atoms with Gasteiger partial charge in [-0.3, -0.25) is 14.9 Å². The van der Waals surface area contributed by atoms with Crippen molar-refractivity contribution in [2.45, 2.75) is 33.2 Å². The van der Waals surface area contributed by atoms with Gasteiger partial charge in [0.2, 0.25) is 17.6 Å². The predicted molar refractivity (Wildman–Crippen MR) is 114 cm³/mol. The van der Waals surface area contributed by atoms with Gasteiger partial charge in [-0.1, -0.05) is 24.2 Å². The number of anilines is 1. The van der Waals surface area contributed by atoms with E-state index < -0.39 is 11.8 Å². The minimum Gasteiger partial charge on any atom is -0.491 e. The van der Waals surface area contributed by atoms with Gasteiger partial charge in [0.15, 0.2) is 0 Å². The molecule has 164 valence electrons. The Bertz CT molecular complexity index is 1120. The molecule has 4 N–H and O–H groups in total. The van der Waals surface area contributed by atoms with Crippen LogP contribution in [-0.2, 0) is 6.54 Å². The first kappa shape index (κ1) is 22.0. The number of aryl methyl sites for hydroxylation is 1. The number of aliphatic hydroxyl groups is 1. The normalized spacial score (nSPS) is 11.3. The highest BCUT2D eigenvalue weighted by molar-refractivity contribution is 6.03. The molecule has 1 aromatic carbocycles. The number of carbonyl (C=O) groups excluding carboxylic acids is 2. The smallest absolute Gasteiger partial charge is 0.296 e. The lowest BCUT2D eigenvalue weighted by Gasteiger charge is -2.12. The Morgan fingerprint density at radius 3 is 2.77 bits per heavy atom. The first-order valence-electron chi connectivity index (χ1n) is 9.92. The molecule has 31 heavy (non-hydrogen) atoms. The molecule has 0 aliphatic heterocycles. The molecule has 0 aliphatic rings. The van der Waals surface area contributed by atoms with Crippen molar-refractivity contribution >= 4 is 28.8 Å². The number of ether oxygens (including phenoxy) is 1. The summed E-state index contributed by atoms with van der Waals surface area (Å²) in [6.07, 6.45) is 5.19. The number of nitrogens with two attached hydrogens (primary N) is 1. The number of imidazole rings is 1. The van der Waals surface area contributed by atoms with Crippen LogP contribution in [0.1, 0.15) is 46.4 Å². The number of nitrogens with one attached hydrogen (secondary N) is 1. The van der Waals surface area contributed by atoms with Gasteiger partial charge in [-0.25, -0.2) is 4.98 Å². The largest absolute Gasteiger partial charge is 0.491 e. The maximum Gasteiger partial charge on any atom is 0.296 e. The van der Waals surface area contributed by atoms with Crippen molar-refractivity contribution in [3.05, 3.63) is 47.4 Å². The molecule has 0 spiro atoms. The van der Waals surface area contributed by atoms with Crippen molar-refractivity contribution < 1.29 is 24.0 Å². The third kappa shape index (κ3) is 5.10. The summed E-state index contributed by atoms with van der Waals surface area (Å²) in [5.41, 5.74) is 7.29. The fraction of sp³-hybridized carbons (Fsp3) is 0.333. The van der Waals surface area contributed by atoms with Crippen LogP contribution in [0, 0.1) is 6.92 Å². The summed E-state index contributed by atoms with van der Waals surface area (Å²) in [5.74, 6) is -0.444. The van der Waals surface area contributed by atoms with E-state index in [1.165, 1.54) is 12.1 Å². The van der Waals surface area contributed by atoms with Crippen LogP contribution in [0.25, 0.3) is 11.0 Å². The first-order chi connectivity index (χ1) is 14.9. The number of rotatable bonds is 10. The van der Waals surface area contributed by atoms with Gasteiger partial charge in [-0.15, -0.1) is 0 Å². The zero-order valence-corrected chi connectivity index (χ0v) is 17.4. The van der Waals surface area contributed by atoms with E-state index >= 15 is 0 Å². The number of nitrogens with zero attached hydrogens (tertiary/aromatic N) is 3. The van der Waals surface area contributed by atoms with Gasteiger partial charge >= 0.3 is 0 Å². The molecule has 0 saturated carbocycles. The molecule has 3 aromatic rings. The second kappa shape index (κ2) is 9.90. The SMILES string of the molecule is CC/C=C/Cn1c(NC(=O)c2cc(C)no2)nc2cc(C(N)=O)cc(OCCCO)c21. The van der Waals surface area contributed by atoms with Gasteiger partial charge in [0.05, 0.1) is 17.8 Å². The van der Waals surface area contributed by atoms with Crippen LogP contribution in [0.15, 0.2) is 34.9 Å². The fourth-order valence-electron chi connectivity index (χ4n) is 2.98. The number of carbonyl (C=O) groups is 2. The van der Waals surface area contributed by atoms with Crippen molar-refractivity contribution in [3.63, 3.8) is 0 Å². The van der Waals surface area contributed by atoms with E-state index in [2.05, 4.69) is 15.5 Å². The van der Waals surface area contributed by atoms with Crippen molar-refractivity contribution in [1.29, 1.82) is 0 Å². The molecule has 0 bridgehead atoms. The highest BCUT2D eigenvalue weighted by Crippen LogP contribution is 2.31. The van der Waals surface area contributed by atoms with Gasteiger partial charge in [0.25, 0.3) is 5.91 Å². The number of allylic oxidation sites excluding steroid dienone is 2. The molecule has 0 atom stereocenters. The predicted octanol–water partition coefficient (Wildman–Crippen LogP) is 2.41. The van der Waals surface area contributed by atoms with E-state index in [-0.39, 0.29) is 30.5 Å². The number of hydrogen-bond acceptors (Lipinski definition) is 7. The molecule has 2 aromatic heterocycles. The van der Waals surface area contributed by atoms with Crippen molar-refractivity contribution in [1.82, 2.24) is 14.7 Å². The Labute approximate surface area is 178 Å². The van der Waals surface area contributed by atoms with Crippen molar-refractivity contribution in [2.75, 3.05) is 18.5 Å². The van der Waals surface area contributed by atoms with E-state index in [9.17, 15) is 9.59 Å². The summed E-state index contributed by atoms with van der Waals surface area (Å²) in [6, 6.07) is 4.61. The van der Waals surface area contributed by atoms with Gasteiger partial charge in [-0.05, 0) is 25.5 Å². The maximum absolute atomic E-state index is 12.6. The number of fused-ring (bicyclic) bond motifs is 1. The molecular weight excluding hydrogens is 402 g/mol. The minimum absolute atomic E-state index is 0.0327. The van der Waals surface area contributed by atoms with E-state index in [4.69, 9.17) is 20.1 Å². The molecule has 2 amide bonds. The van der Waals surface area contributed by atoms with Gasteiger partial charge in [-0.2, -0.15) is 0 Å². The van der Waals surface area contributed by atoms with E-state index in [0.717, 1.165) is 6.42 Å². The number of primary amides is 1. The van der Waals surface area contributed by atoms with Crippen LogP contribution in [0.4, 0.5) is 5.95 Å². The molecular formula is C21H25N5O5. The maximum atomic E-state index is 12.6. The molecule has 0 aliphatic carbocycles. The fourth-order valence-corrected chi connectivity index (χ4v) is 2.98. The third-order valence-corrected chi connectivity index (χ3v) is 4.42. The Morgan fingerprint density at radius 1 is 1.32 bits per heavy atom. The minimum atomic E-state index is -0.628. The molecule has 0 radical (unpaired) electrons. The molecule has 0 saturated heterocycles. The van der Waals surface area contributed by atoms with E-state index in [0.29, 0.717) is 35.4 Å². The lowest BCUT2D eigenvalue weighted by atomic mass is 10.1. The quantitative estimate of drug-likeness (QED) is 0.333. The number of aliphatic hydroxyl groups excluding tert-OH is 1. The summed E-state index contributed by atoms with van der Waals surface area (Å²) < 4.78 is 12.6. The Kier molecular flexibility index (Phi) is 7.03. The monoisotopic (exact) mass is 427 g/mol. The van der Waals surface area contributed by atoms with Crippen LogP contribution in [0.3, 0.4) is 0 Å². The van der Waals surface area contributed by atoms with Crippen LogP contribution in [0.2, 0.25) is 0 Å². The summed E-state index contributed by atoms with van der Waals surface area (Å²) in [4.78, 5) is 28.9. The van der Waals surface area contributed by atoms with Gasteiger partial charge in [0.1, 0.15) is 11.3 Å². The van der Waals surface area contributed by atoms with Crippen LogP contribution in [0.5, 0.6) is 5.75 Å². The second-order valence-electron chi connectivity index (χ2n) is 6.84. The third-order valence-electron chi connectivity index (χ3n) is 4.42. The topological polar surface area (TPSA) is 146 Å². The first-order valence-corrected chi connectivity index (χ1v) is 9.92. The summed E-state index contributed by atoms with van der Waals surface area (Å²) >= 11 is 0. The Morgan fingerprint density at radius 2 is 2.13 bits per heavy atom. The van der Waals surface area contributed by atoms with Crippen LogP contribution in [-0.4, -0.2) is 44.8 Å². The zero-order chi connectivity index (χ0) is 22.4. The van der Waals surface area contributed by atoms with Crippen LogP contribution < -0.4 is 15.8 Å². The second-order valence-corrected chi connectivity index (χ2v) is 6.84. The van der Waals surface area contributed by atoms with Crippen LogP contribution >= 0.6 is 0 Å². The molecule has 2 heterocycles. The van der Waals surface area contributed by atoms with E-state index in [1.807, 2.05) is 19.1 Å². The van der Waals surface area contributed by atoms with Gasteiger partial charge < -0.3 is 24.7 Å². The molecule has 3 rings (SSSR count). The number of aromatic nitrogens is 3.